The molecule has 1 aromatic carbocycles. The quantitative estimate of drug-likeness (QED) is 0.685. The topological polar surface area (TPSA) is 98.8 Å². The van der Waals surface area contributed by atoms with E-state index in [9.17, 15) is 18.0 Å². The fourth-order valence-corrected chi connectivity index (χ4v) is 4.19. The lowest BCUT2D eigenvalue weighted by Gasteiger charge is -2.26. The summed E-state index contributed by atoms with van der Waals surface area (Å²) >= 11 is 0. The molecule has 2 rings (SSSR count). The van der Waals surface area contributed by atoms with Crippen molar-refractivity contribution in [3.8, 4) is 0 Å². The van der Waals surface area contributed by atoms with Crippen molar-refractivity contribution in [2.24, 2.45) is 0 Å². The van der Waals surface area contributed by atoms with Crippen LogP contribution in [0.5, 0.6) is 0 Å². The maximum atomic E-state index is 12.7. The molecule has 1 aliphatic rings. The Hall–Kier alpha value is -1.68. The summed E-state index contributed by atoms with van der Waals surface area (Å²) in [6, 6.07) is 5.99. The largest absolute Gasteiger partial charge is 0.337 e. The first-order valence-corrected chi connectivity index (χ1v) is 9.97. The molecule has 152 valence electrons. The highest BCUT2D eigenvalue weighted by molar-refractivity contribution is 7.89. The predicted molar refractivity (Wildman–Crippen MR) is 106 cm³/mol. The van der Waals surface area contributed by atoms with Crippen LogP contribution in [0.2, 0.25) is 0 Å². The van der Waals surface area contributed by atoms with Crippen LogP contribution in [0.4, 0.5) is 5.69 Å². The van der Waals surface area contributed by atoms with E-state index in [0.717, 1.165) is 17.1 Å². The highest BCUT2D eigenvalue weighted by Gasteiger charge is 2.31. The predicted octanol–water partition coefficient (Wildman–Crippen LogP) is 0.898. The van der Waals surface area contributed by atoms with Crippen molar-refractivity contribution >= 4 is 39.9 Å². The van der Waals surface area contributed by atoms with Gasteiger partial charge < -0.3 is 15.5 Å². The number of halogens is 1. The van der Waals surface area contributed by atoms with Gasteiger partial charge in [-0.2, -0.15) is 4.31 Å². The number of hydrogen-bond donors (Lipinski definition) is 2. The molecule has 1 aromatic rings. The maximum Gasteiger partial charge on any atom is 0.243 e. The summed E-state index contributed by atoms with van der Waals surface area (Å²) in [6.07, 6.45) is 1.85. The van der Waals surface area contributed by atoms with Gasteiger partial charge in [-0.1, -0.05) is 0 Å². The Balaban J connectivity index is 0.00000364. The van der Waals surface area contributed by atoms with Crippen molar-refractivity contribution in [2.75, 3.05) is 39.0 Å². The number of likely N-dealkylation sites (tertiary alicyclic amines) is 1. The highest BCUT2D eigenvalue weighted by Crippen LogP contribution is 2.20. The molecule has 1 saturated heterocycles. The minimum Gasteiger partial charge on any atom is -0.337 e. The van der Waals surface area contributed by atoms with Crippen LogP contribution in [-0.4, -0.2) is 69.2 Å². The molecule has 27 heavy (non-hydrogen) atoms. The lowest BCUT2D eigenvalue weighted by molar-refractivity contribution is -0.131. The summed E-state index contributed by atoms with van der Waals surface area (Å²) in [6.45, 7) is 2.54. The number of nitrogens with zero attached hydrogens (tertiary/aromatic N) is 2. The van der Waals surface area contributed by atoms with Gasteiger partial charge in [0.2, 0.25) is 21.8 Å². The van der Waals surface area contributed by atoms with Crippen LogP contribution in [0, 0.1) is 0 Å². The number of sulfonamides is 1. The number of hydrogen-bond acceptors (Lipinski definition) is 5. The van der Waals surface area contributed by atoms with Crippen LogP contribution in [0.1, 0.15) is 19.8 Å². The highest BCUT2D eigenvalue weighted by atomic mass is 35.5. The molecule has 0 spiro atoms. The van der Waals surface area contributed by atoms with E-state index < -0.39 is 10.0 Å². The summed E-state index contributed by atoms with van der Waals surface area (Å²) in [7, 11) is -0.545. The second kappa shape index (κ2) is 10.0. The molecular weight excluding hydrogens is 392 g/mol. The molecule has 1 fully saturated rings. The molecule has 0 radical (unpaired) electrons. The number of anilines is 1. The van der Waals surface area contributed by atoms with Crippen LogP contribution >= 0.6 is 12.4 Å². The summed E-state index contributed by atoms with van der Waals surface area (Å²) in [4.78, 5) is 25.4. The second-order valence-electron chi connectivity index (χ2n) is 6.41. The van der Waals surface area contributed by atoms with Gasteiger partial charge in [-0.3, -0.25) is 9.59 Å². The van der Waals surface area contributed by atoms with Gasteiger partial charge >= 0.3 is 0 Å². The third-order valence-corrected chi connectivity index (χ3v) is 6.20. The minimum absolute atomic E-state index is 0. The number of nitrogens with one attached hydrogen (secondary N) is 2. The molecule has 0 saturated carbocycles. The van der Waals surface area contributed by atoms with Gasteiger partial charge in [0, 0.05) is 38.8 Å². The van der Waals surface area contributed by atoms with Crippen LogP contribution in [0.3, 0.4) is 0 Å². The molecule has 1 unspecified atom stereocenters. The van der Waals surface area contributed by atoms with Crippen molar-refractivity contribution < 1.29 is 18.0 Å². The number of carbonyl (C=O) groups excluding carboxylic acids is 2. The lowest BCUT2D eigenvalue weighted by Crippen LogP contribution is -2.46. The summed E-state index contributed by atoms with van der Waals surface area (Å²) in [5.41, 5.74) is 0.516. The van der Waals surface area contributed by atoms with Gasteiger partial charge in [-0.15, -0.1) is 12.4 Å². The molecule has 2 amide bonds. The van der Waals surface area contributed by atoms with E-state index in [0.29, 0.717) is 18.8 Å². The van der Waals surface area contributed by atoms with Gasteiger partial charge in [-0.25, -0.2) is 8.42 Å². The van der Waals surface area contributed by atoms with E-state index in [-0.39, 0.29) is 41.7 Å². The summed E-state index contributed by atoms with van der Waals surface area (Å²) in [5.74, 6) is -0.422. The van der Waals surface area contributed by atoms with Crippen LogP contribution in [0.25, 0.3) is 0 Å². The first kappa shape index (κ1) is 23.4. The number of benzene rings is 1. The molecule has 1 aliphatic heterocycles. The van der Waals surface area contributed by atoms with Gasteiger partial charge in [-0.05, 0) is 44.2 Å². The number of carbonyl (C=O) groups is 2. The van der Waals surface area contributed by atoms with Gasteiger partial charge in [0.15, 0.2) is 0 Å². The molecule has 10 heteroatoms. The standard InChI is InChI=1S/C17H26N4O4S.ClH/c1-13(22)19-14-6-8-16(9-7-14)26(24,25)20(3)12-17(23)21-10-4-5-15(21)11-18-2;/h6-9,15,18H,4-5,10-12H2,1-3H3,(H,19,22);1H. The summed E-state index contributed by atoms with van der Waals surface area (Å²) < 4.78 is 26.4. The van der Waals surface area contributed by atoms with Crippen LogP contribution in [-0.2, 0) is 19.6 Å². The Morgan fingerprint density at radius 3 is 2.44 bits per heavy atom. The fourth-order valence-electron chi connectivity index (χ4n) is 3.07. The lowest BCUT2D eigenvalue weighted by atomic mass is 10.2. The van der Waals surface area contributed by atoms with Gasteiger partial charge in [0.05, 0.1) is 11.4 Å². The first-order valence-electron chi connectivity index (χ1n) is 8.53. The maximum absolute atomic E-state index is 12.7. The zero-order valence-corrected chi connectivity index (χ0v) is 17.4. The van der Waals surface area contributed by atoms with Crippen molar-refractivity contribution in [3.05, 3.63) is 24.3 Å². The monoisotopic (exact) mass is 418 g/mol. The molecule has 0 aromatic heterocycles. The minimum atomic E-state index is -3.78. The third-order valence-electron chi connectivity index (χ3n) is 4.38. The number of likely N-dealkylation sites (N-methyl/N-ethyl adjacent to an activating group) is 2. The Morgan fingerprint density at radius 2 is 1.89 bits per heavy atom. The SMILES string of the molecule is CNCC1CCCN1C(=O)CN(C)S(=O)(=O)c1ccc(NC(C)=O)cc1.Cl. The van der Waals surface area contributed by atoms with E-state index >= 15 is 0 Å². The number of amides is 2. The Labute approximate surface area is 166 Å². The first-order chi connectivity index (χ1) is 12.3. The van der Waals surface area contributed by atoms with Gasteiger partial charge in [0.25, 0.3) is 0 Å². The van der Waals surface area contributed by atoms with Crippen molar-refractivity contribution in [1.82, 2.24) is 14.5 Å². The van der Waals surface area contributed by atoms with Crippen molar-refractivity contribution in [3.63, 3.8) is 0 Å². The average molecular weight is 419 g/mol. The molecular formula is C17H27ClN4O4S. The molecule has 1 atom stereocenters. The van der Waals surface area contributed by atoms with E-state index in [4.69, 9.17) is 0 Å². The zero-order chi connectivity index (χ0) is 19.3. The Morgan fingerprint density at radius 1 is 1.26 bits per heavy atom. The fraction of sp³-hybridized carbons (Fsp3) is 0.529. The van der Waals surface area contributed by atoms with E-state index in [2.05, 4.69) is 10.6 Å². The van der Waals surface area contributed by atoms with E-state index in [1.165, 1.54) is 38.2 Å². The molecule has 8 nitrogen and oxygen atoms in total. The third kappa shape index (κ3) is 5.90. The second-order valence-corrected chi connectivity index (χ2v) is 8.45. The molecule has 2 N–H and O–H groups in total. The Kier molecular flexibility index (Phi) is 8.67. The smallest absolute Gasteiger partial charge is 0.243 e. The van der Waals surface area contributed by atoms with E-state index in [1.807, 2.05) is 7.05 Å². The summed E-state index contributed by atoms with van der Waals surface area (Å²) in [5, 5.41) is 5.65. The van der Waals surface area contributed by atoms with E-state index in [1.54, 1.807) is 4.90 Å². The van der Waals surface area contributed by atoms with Crippen LogP contribution < -0.4 is 10.6 Å². The molecule has 0 bridgehead atoms. The molecule has 1 heterocycles. The Bertz CT molecular complexity index is 755. The van der Waals surface area contributed by atoms with Crippen LogP contribution in [0.15, 0.2) is 29.2 Å². The van der Waals surface area contributed by atoms with Crippen molar-refractivity contribution in [2.45, 2.75) is 30.7 Å². The zero-order valence-electron chi connectivity index (χ0n) is 15.8. The van der Waals surface area contributed by atoms with Crippen molar-refractivity contribution in [1.29, 1.82) is 0 Å². The normalized spacial score (nSPS) is 16.9. The average Bonchev–Trinajstić information content (AvgIpc) is 3.03. The van der Waals surface area contributed by atoms with Gasteiger partial charge in [0.1, 0.15) is 0 Å². The number of rotatable bonds is 7. The molecule has 0 aliphatic carbocycles.